The lowest BCUT2D eigenvalue weighted by Crippen LogP contribution is -2.42. The number of nitrogens with one attached hydrogen (secondary N) is 1. The van der Waals surface area contributed by atoms with Gasteiger partial charge in [0.15, 0.2) is 0 Å². The molecule has 2 unspecified atom stereocenters. The predicted octanol–water partition coefficient (Wildman–Crippen LogP) is 1.59. The van der Waals surface area contributed by atoms with E-state index >= 15 is 0 Å². The highest BCUT2D eigenvalue weighted by atomic mass is 35.5. The molecule has 2 saturated heterocycles. The van der Waals surface area contributed by atoms with Crippen LogP contribution in [0.1, 0.15) is 39.0 Å². The van der Waals surface area contributed by atoms with Crippen LogP contribution in [-0.2, 0) is 14.3 Å². The number of hydrogen-bond acceptors (Lipinski definition) is 4. The summed E-state index contributed by atoms with van der Waals surface area (Å²) >= 11 is 0. The topological polar surface area (TPSA) is 50.8 Å². The fourth-order valence-corrected chi connectivity index (χ4v) is 2.95. The van der Waals surface area contributed by atoms with E-state index in [-0.39, 0.29) is 24.4 Å². The molecule has 2 aliphatic rings. The Morgan fingerprint density at radius 3 is 2.90 bits per heavy atom. The quantitative estimate of drug-likeness (QED) is 0.690. The van der Waals surface area contributed by atoms with Gasteiger partial charge >= 0.3 is 0 Å². The molecule has 2 heterocycles. The van der Waals surface area contributed by atoms with Crippen LogP contribution in [0.25, 0.3) is 0 Å². The lowest BCUT2D eigenvalue weighted by atomic mass is 10.2. The van der Waals surface area contributed by atoms with Gasteiger partial charge in [-0.1, -0.05) is 6.92 Å². The normalized spacial score (nSPS) is 24.8. The molecule has 0 radical (unpaired) electrons. The fourth-order valence-electron chi connectivity index (χ4n) is 2.95. The van der Waals surface area contributed by atoms with Crippen molar-refractivity contribution in [2.45, 2.75) is 51.2 Å². The fraction of sp³-hybridized carbons (Fsp3) is 0.933. The van der Waals surface area contributed by atoms with E-state index in [1.165, 1.54) is 0 Å². The van der Waals surface area contributed by atoms with E-state index in [1.54, 1.807) is 0 Å². The monoisotopic (exact) mass is 320 g/mol. The average molecular weight is 321 g/mol. The highest BCUT2D eigenvalue weighted by molar-refractivity contribution is 5.85. The summed E-state index contributed by atoms with van der Waals surface area (Å²) in [6.45, 7) is 6.93. The van der Waals surface area contributed by atoms with Crippen molar-refractivity contribution in [1.82, 2.24) is 10.2 Å². The highest BCUT2D eigenvalue weighted by Crippen LogP contribution is 2.13. The molecule has 21 heavy (non-hydrogen) atoms. The van der Waals surface area contributed by atoms with Gasteiger partial charge in [0.2, 0.25) is 5.91 Å². The molecule has 0 bridgehead atoms. The van der Waals surface area contributed by atoms with Crippen LogP contribution < -0.4 is 5.32 Å². The second kappa shape index (κ2) is 10.4. The summed E-state index contributed by atoms with van der Waals surface area (Å²) in [4.78, 5) is 14.3. The van der Waals surface area contributed by atoms with E-state index in [2.05, 4.69) is 12.2 Å². The Morgan fingerprint density at radius 1 is 1.43 bits per heavy atom. The largest absolute Gasteiger partial charge is 0.378 e. The highest BCUT2D eigenvalue weighted by Gasteiger charge is 2.25. The number of carbonyl (C=O) groups is 1. The number of rotatable bonds is 8. The minimum Gasteiger partial charge on any atom is -0.378 e. The summed E-state index contributed by atoms with van der Waals surface area (Å²) in [5, 5.41) is 3.33. The van der Waals surface area contributed by atoms with Crippen LogP contribution in [0, 0.1) is 0 Å². The SMILES string of the molecule is CCCN(C(=O)CCOCC1CCCO1)C1CCNC1.Cl. The third-order valence-corrected chi connectivity index (χ3v) is 4.05. The third kappa shape index (κ3) is 6.10. The van der Waals surface area contributed by atoms with Gasteiger partial charge in [-0.25, -0.2) is 0 Å². The van der Waals surface area contributed by atoms with Crippen molar-refractivity contribution in [3.63, 3.8) is 0 Å². The Hall–Kier alpha value is -0.360. The second-order valence-electron chi connectivity index (χ2n) is 5.69. The van der Waals surface area contributed by atoms with Gasteiger partial charge < -0.3 is 19.7 Å². The molecule has 0 aromatic carbocycles. The van der Waals surface area contributed by atoms with Crippen molar-refractivity contribution in [3.05, 3.63) is 0 Å². The first-order chi connectivity index (χ1) is 9.81. The van der Waals surface area contributed by atoms with Crippen LogP contribution in [-0.4, -0.2) is 62.4 Å². The lowest BCUT2D eigenvalue weighted by molar-refractivity contribution is -0.134. The molecule has 0 saturated carbocycles. The molecule has 0 aromatic rings. The van der Waals surface area contributed by atoms with Crippen molar-refractivity contribution < 1.29 is 14.3 Å². The second-order valence-corrected chi connectivity index (χ2v) is 5.69. The zero-order valence-electron chi connectivity index (χ0n) is 13.0. The molecule has 2 atom stereocenters. The maximum absolute atomic E-state index is 12.3. The van der Waals surface area contributed by atoms with Crippen molar-refractivity contribution in [2.24, 2.45) is 0 Å². The maximum Gasteiger partial charge on any atom is 0.225 e. The van der Waals surface area contributed by atoms with Crippen LogP contribution in [0.3, 0.4) is 0 Å². The summed E-state index contributed by atoms with van der Waals surface area (Å²) < 4.78 is 11.1. The summed E-state index contributed by atoms with van der Waals surface area (Å²) in [6, 6.07) is 0.376. The van der Waals surface area contributed by atoms with Crippen LogP contribution in [0.4, 0.5) is 0 Å². The Morgan fingerprint density at radius 2 is 2.29 bits per heavy atom. The lowest BCUT2D eigenvalue weighted by Gasteiger charge is -2.28. The number of carbonyl (C=O) groups excluding carboxylic acids is 1. The van der Waals surface area contributed by atoms with Crippen LogP contribution in [0.2, 0.25) is 0 Å². The van der Waals surface area contributed by atoms with E-state index in [4.69, 9.17) is 9.47 Å². The number of ether oxygens (including phenoxy) is 2. The summed E-state index contributed by atoms with van der Waals surface area (Å²) in [6.07, 6.45) is 5.04. The minimum absolute atomic E-state index is 0. The number of halogens is 1. The molecule has 2 aliphatic heterocycles. The Labute approximate surface area is 134 Å². The smallest absolute Gasteiger partial charge is 0.225 e. The van der Waals surface area contributed by atoms with Crippen molar-refractivity contribution >= 4 is 18.3 Å². The summed E-state index contributed by atoms with van der Waals surface area (Å²) in [5.74, 6) is 0.230. The third-order valence-electron chi connectivity index (χ3n) is 4.05. The Bertz CT molecular complexity index is 293. The van der Waals surface area contributed by atoms with Crippen LogP contribution in [0.5, 0.6) is 0 Å². The van der Waals surface area contributed by atoms with Gasteiger partial charge in [0.05, 0.1) is 25.7 Å². The molecule has 2 fully saturated rings. The van der Waals surface area contributed by atoms with E-state index in [0.717, 1.165) is 51.9 Å². The van der Waals surface area contributed by atoms with E-state index in [0.29, 0.717) is 25.7 Å². The first-order valence-corrected chi connectivity index (χ1v) is 8.00. The zero-order valence-corrected chi connectivity index (χ0v) is 13.8. The van der Waals surface area contributed by atoms with E-state index in [1.807, 2.05) is 4.90 Å². The first kappa shape index (κ1) is 18.7. The maximum atomic E-state index is 12.3. The molecular formula is C15H29ClN2O3. The molecule has 0 aromatic heterocycles. The zero-order chi connectivity index (χ0) is 14.2. The molecule has 6 heteroatoms. The average Bonchev–Trinajstić information content (AvgIpc) is 3.13. The van der Waals surface area contributed by atoms with Crippen LogP contribution in [0.15, 0.2) is 0 Å². The van der Waals surface area contributed by atoms with Crippen molar-refractivity contribution in [2.75, 3.05) is 39.5 Å². The summed E-state index contributed by atoms with van der Waals surface area (Å²) in [7, 11) is 0. The number of amides is 1. The van der Waals surface area contributed by atoms with E-state index < -0.39 is 0 Å². The molecule has 2 rings (SSSR count). The van der Waals surface area contributed by atoms with Gasteiger partial charge in [-0.05, 0) is 32.2 Å². The molecular weight excluding hydrogens is 292 g/mol. The minimum atomic E-state index is 0. The molecule has 0 spiro atoms. The van der Waals surface area contributed by atoms with Gasteiger partial charge in [-0.3, -0.25) is 4.79 Å². The van der Waals surface area contributed by atoms with Crippen molar-refractivity contribution in [1.29, 1.82) is 0 Å². The number of hydrogen-bond donors (Lipinski definition) is 1. The molecule has 124 valence electrons. The predicted molar refractivity (Wildman–Crippen MR) is 84.9 cm³/mol. The summed E-state index contributed by atoms with van der Waals surface area (Å²) in [5.41, 5.74) is 0. The number of nitrogens with zero attached hydrogens (tertiary/aromatic N) is 1. The van der Waals surface area contributed by atoms with Gasteiger partial charge in [0.1, 0.15) is 0 Å². The Balaban J connectivity index is 0.00000220. The van der Waals surface area contributed by atoms with E-state index in [9.17, 15) is 4.79 Å². The molecule has 1 amide bonds. The van der Waals surface area contributed by atoms with Crippen molar-refractivity contribution in [3.8, 4) is 0 Å². The molecule has 5 nitrogen and oxygen atoms in total. The van der Waals surface area contributed by atoms with Gasteiger partial charge in [-0.2, -0.15) is 0 Å². The molecule has 1 N–H and O–H groups in total. The van der Waals surface area contributed by atoms with Crippen LogP contribution >= 0.6 is 12.4 Å². The van der Waals surface area contributed by atoms with Gasteiger partial charge in [-0.15, -0.1) is 12.4 Å². The molecule has 0 aliphatic carbocycles. The standard InChI is InChI=1S/C15H28N2O3.ClH/c1-2-8-17(13-5-7-16-11-13)15(18)6-10-19-12-14-4-3-9-20-14;/h13-14,16H,2-12H2,1H3;1H. The van der Waals surface area contributed by atoms with Gasteiger partial charge in [0.25, 0.3) is 0 Å². The Kier molecular flexibility index (Phi) is 9.24. The first-order valence-electron chi connectivity index (χ1n) is 8.00. The van der Waals surface area contributed by atoms with Gasteiger partial charge in [0, 0.05) is 25.7 Å².